The molecule has 2 rings (SSSR count). The standard InChI is InChI=1S/C6H13N3/c7-5-3-1-2-4-6(5)8-9-6/h5,8-9H,1-4,7H2. The van der Waals surface area contributed by atoms with Gasteiger partial charge >= 0.3 is 0 Å². The molecule has 1 atom stereocenters. The van der Waals surface area contributed by atoms with Crippen LogP contribution in [0.3, 0.4) is 0 Å². The van der Waals surface area contributed by atoms with E-state index in [1.807, 2.05) is 0 Å². The molecule has 2 fully saturated rings. The van der Waals surface area contributed by atoms with Crippen molar-refractivity contribution in [2.45, 2.75) is 37.4 Å². The van der Waals surface area contributed by atoms with Gasteiger partial charge < -0.3 is 5.73 Å². The fourth-order valence-electron chi connectivity index (χ4n) is 1.59. The van der Waals surface area contributed by atoms with E-state index in [4.69, 9.17) is 5.73 Å². The van der Waals surface area contributed by atoms with Crippen molar-refractivity contribution in [1.82, 2.24) is 10.9 Å². The van der Waals surface area contributed by atoms with Crippen molar-refractivity contribution in [1.29, 1.82) is 0 Å². The van der Waals surface area contributed by atoms with E-state index in [1.165, 1.54) is 25.7 Å². The summed E-state index contributed by atoms with van der Waals surface area (Å²) >= 11 is 0. The molecule has 4 N–H and O–H groups in total. The molecule has 3 nitrogen and oxygen atoms in total. The third-order valence-corrected chi connectivity index (χ3v) is 2.42. The molecule has 1 unspecified atom stereocenters. The van der Waals surface area contributed by atoms with Crippen molar-refractivity contribution in [3.05, 3.63) is 0 Å². The summed E-state index contributed by atoms with van der Waals surface area (Å²) in [5, 5.41) is 0. The average Bonchev–Trinajstić information content (AvgIpc) is 2.60. The summed E-state index contributed by atoms with van der Waals surface area (Å²) in [7, 11) is 0. The molecule has 0 radical (unpaired) electrons. The van der Waals surface area contributed by atoms with Gasteiger partial charge in [-0.1, -0.05) is 12.8 Å². The summed E-state index contributed by atoms with van der Waals surface area (Å²) < 4.78 is 0. The van der Waals surface area contributed by atoms with Crippen LogP contribution in [0.2, 0.25) is 0 Å². The van der Waals surface area contributed by atoms with Gasteiger partial charge in [0, 0.05) is 6.04 Å². The summed E-state index contributed by atoms with van der Waals surface area (Å²) in [6.45, 7) is 0. The Morgan fingerprint density at radius 2 is 2.11 bits per heavy atom. The van der Waals surface area contributed by atoms with Crippen LogP contribution in [-0.4, -0.2) is 11.7 Å². The summed E-state index contributed by atoms with van der Waals surface area (Å²) in [5.41, 5.74) is 12.3. The SMILES string of the molecule is NC1CCCCC12NN2. The molecule has 1 heterocycles. The Labute approximate surface area is 55.0 Å². The highest BCUT2D eigenvalue weighted by Gasteiger charge is 2.48. The number of nitrogens with one attached hydrogen (secondary N) is 2. The zero-order valence-electron chi connectivity index (χ0n) is 5.48. The van der Waals surface area contributed by atoms with Crippen LogP contribution in [0.25, 0.3) is 0 Å². The first-order valence-corrected chi connectivity index (χ1v) is 3.63. The fraction of sp³-hybridized carbons (Fsp3) is 1.00. The van der Waals surface area contributed by atoms with Crippen LogP contribution in [0.15, 0.2) is 0 Å². The third kappa shape index (κ3) is 0.764. The monoisotopic (exact) mass is 127 g/mol. The molecule has 0 amide bonds. The van der Waals surface area contributed by atoms with Crippen molar-refractivity contribution in [2.75, 3.05) is 0 Å². The zero-order valence-corrected chi connectivity index (χ0v) is 5.48. The molecule has 52 valence electrons. The smallest absolute Gasteiger partial charge is 0.109 e. The normalized spacial score (nSPS) is 39.0. The first-order chi connectivity index (χ1) is 4.33. The average molecular weight is 127 g/mol. The Bertz CT molecular complexity index is 119. The zero-order chi connectivity index (χ0) is 6.32. The van der Waals surface area contributed by atoms with Crippen molar-refractivity contribution < 1.29 is 0 Å². The van der Waals surface area contributed by atoms with E-state index in [0.717, 1.165) is 0 Å². The largest absolute Gasteiger partial charge is 0.325 e. The highest BCUT2D eigenvalue weighted by atomic mass is 15.7. The minimum absolute atomic E-state index is 0.165. The van der Waals surface area contributed by atoms with Gasteiger partial charge in [-0.3, -0.25) is 0 Å². The topological polar surface area (TPSA) is 69.9 Å². The van der Waals surface area contributed by atoms with Gasteiger partial charge in [-0.25, -0.2) is 10.9 Å². The molecule has 1 aliphatic heterocycles. The Balaban J connectivity index is 2.03. The van der Waals surface area contributed by atoms with Gasteiger partial charge in [-0.05, 0) is 12.8 Å². The first kappa shape index (κ1) is 5.65. The molecule has 0 aromatic heterocycles. The van der Waals surface area contributed by atoms with E-state index in [0.29, 0.717) is 6.04 Å². The summed E-state index contributed by atoms with van der Waals surface area (Å²) in [4.78, 5) is 0. The quantitative estimate of drug-likeness (QED) is 0.391. The predicted molar refractivity (Wildman–Crippen MR) is 35.4 cm³/mol. The highest BCUT2D eigenvalue weighted by Crippen LogP contribution is 2.29. The van der Waals surface area contributed by atoms with Crippen molar-refractivity contribution in [2.24, 2.45) is 5.73 Å². The Kier molecular flexibility index (Phi) is 1.06. The maximum absolute atomic E-state index is 5.85. The molecule has 1 saturated heterocycles. The maximum atomic E-state index is 5.85. The van der Waals surface area contributed by atoms with E-state index in [2.05, 4.69) is 10.9 Å². The summed E-state index contributed by atoms with van der Waals surface area (Å²) in [6, 6.07) is 0.339. The Morgan fingerprint density at radius 3 is 2.56 bits per heavy atom. The molecular formula is C6H13N3. The summed E-state index contributed by atoms with van der Waals surface area (Å²) in [6.07, 6.45) is 4.98. The van der Waals surface area contributed by atoms with Gasteiger partial charge in [0.25, 0.3) is 0 Å². The number of nitrogens with two attached hydrogens (primary N) is 1. The second-order valence-corrected chi connectivity index (χ2v) is 3.07. The lowest BCUT2D eigenvalue weighted by atomic mass is 9.89. The van der Waals surface area contributed by atoms with E-state index >= 15 is 0 Å². The number of hydrogen-bond acceptors (Lipinski definition) is 3. The molecule has 0 aromatic rings. The van der Waals surface area contributed by atoms with Crippen LogP contribution in [0.5, 0.6) is 0 Å². The second kappa shape index (κ2) is 1.68. The molecule has 0 bridgehead atoms. The first-order valence-electron chi connectivity index (χ1n) is 3.63. The van der Waals surface area contributed by atoms with Crippen molar-refractivity contribution >= 4 is 0 Å². The van der Waals surface area contributed by atoms with Crippen LogP contribution < -0.4 is 16.6 Å². The molecule has 9 heavy (non-hydrogen) atoms. The van der Waals surface area contributed by atoms with Gasteiger partial charge in [0.15, 0.2) is 0 Å². The fourth-order valence-corrected chi connectivity index (χ4v) is 1.59. The molecular weight excluding hydrogens is 114 g/mol. The van der Waals surface area contributed by atoms with Crippen LogP contribution in [-0.2, 0) is 0 Å². The van der Waals surface area contributed by atoms with Crippen LogP contribution in [0.4, 0.5) is 0 Å². The van der Waals surface area contributed by atoms with E-state index in [9.17, 15) is 0 Å². The number of hydrogen-bond donors (Lipinski definition) is 3. The molecule has 1 spiro atoms. The molecule has 1 aliphatic carbocycles. The maximum Gasteiger partial charge on any atom is 0.109 e. The van der Waals surface area contributed by atoms with E-state index in [-0.39, 0.29) is 5.66 Å². The summed E-state index contributed by atoms with van der Waals surface area (Å²) in [5.74, 6) is 0. The van der Waals surface area contributed by atoms with E-state index in [1.54, 1.807) is 0 Å². The molecule has 1 saturated carbocycles. The third-order valence-electron chi connectivity index (χ3n) is 2.42. The van der Waals surface area contributed by atoms with Gasteiger partial charge in [0.2, 0.25) is 0 Å². The predicted octanol–water partition coefficient (Wildman–Crippen LogP) is -0.308. The molecule has 3 heteroatoms. The van der Waals surface area contributed by atoms with Crippen molar-refractivity contribution in [3.63, 3.8) is 0 Å². The van der Waals surface area contributed by atoms with Gasteiger partial charge in [0.1, 0.15) is 5.66 Å². The van der Waals surface area contributed by atoms with Crippen molar-refractivity contribution in [3.8, 4) is 0 Å². The Hall–Kier alpha value is -0.120. The van der Waals surface area contributed by atoms with Gasteiger partial charge in [-0.15, -0.1) is 0 Å². The Morgan fingerprint density at radius 1 is 1.33 bits per heavy atom. The van der Waals surface area contributed by atoms with Crippen LogP contribution in [0, 0.1) is 0 Å². The minimum atomic E-state index is 0.165. The lowest BCUT2D eigenvalue weighted by Crippen LogP contribution is -2.44. The van der Waals surface area contributed by atoms with Gasteiger partial charge in [-0.2, -0.15) is 0 Å². The lowest BCUT2D eigenvalue weighted by Gasteiger charge is -2.24. The van der Waals surface area contributed by atoms with Crippen LogP contribution >= 0.6 is 0 Å². The highest BCUT2D eigenvalue weighted by molar-refractivity contribution is 5.04. The number of rotatable bonds is 0. The minimum Gasteiger partial charge on any atom is -0.325 e. The second-order valence-electron chi connectivity index (χ2n) is 3.07. The molecule has 0 aromatic carbocycles. The lowest BCUT2D eigenvalue weighted by molar-refractivity contribution is 0.344. The van der Waals surface area contributed by atoms with E-state index < -0.39 is 0 Å². The van der Waals surface area contributed by atoms with Gasteiger partial charge in [0.05, 0.1) is 0 Å². The molecule has 2 aliphatic rings. The van der Waals surface area contributed by atoms with Crippen LogP contribution in [0.1, 0.15) is 25.7 Å². The number of hydrazine groups is 1.